The van der Waals surface area contributed by atoms with Crippen molar-refractivity contribution in [2.24, 2.45) is 0 Å². The highest BCUT2D eigenvalue weighted by molar-refractivity contribution is 5.24. The standard InChI is InChI=1S/C15H18N4O/c1-10-3-5-16-7-12(10)8-19-6-4-14-13(9-19)15(20)18-11(2)17-14/h3,5,7H,4,6,8-9H2,1-2H3,(H,17,18,20). The molecule has 1 N–H and O–H groups in total. The van der Waals surface area contributed by atoms with E-state index in [1.807, 2.05) is 25.4 Å². The van der Waals surface area contributed by atoms with Gasteiger partial charge in [0, 0.05) is 38.4 Å². The third-order valence-electron chi connectivity index (χ3n) is 3.81. The van der Waals surface area contributed by atoms with Crippen molar-refractivity contribution in [1.29, 1.82) is 0 Å². The van der Waals surface area contributed by atoms with Crippen LogP contribution in [0.25, 0.3) is 0 Å². The molecule has 0 bridgehead atoms. The number of aromatic amines is 1. The average molecular weight is 270 g/mol. The van der Waals surface area contributed by atoms with Gasteiger partial charge in [-0.15, -0.1) is 0 Å². The van der Waals surface area contributed by atoms with Gasteiger partial charge in [0.25, 0.3) is 5.56 Å². The van der Waals surface area contributed by atoms with Gasteiger partial charge in [-0.2, -0.15) is 0 Å². The molecule has 2 aromatic heterocycles. The number of pyridine rings is 1. The summed E-state index contributed by atoms with van der Waals surface area (Å²) in [7, 11) is 0. The van der Waals surface area contributed by atoms with E-state index in [0.717, 1.165) is 30.8 Å². The van der Waals surface area contributed by atoms with E-state index in [1.54, 1.807) is 0 Å². The van der Waals surface area contributed by atoms with Gasteiger partial charge in [0.1, 0.15) is 5.82 Å². The second-order valence-electron chi connectivity index (χ2n) is 5.34. The van der Waals surface area contributed by atoms with Crippen molar-refractivity contribution < 1.29 is 0 Å². The van der Waals surface area contributed by atoms with Crippen LogP contribution in [0.1, 0.15) is 28.2 Å². The second kappa shape index (κ2) is 5.17. The highest BCUT2D eigenvalue weighted by Gasteiger charge is 2.20. The van der Waals surface area contributed by atoms with Crippen molar-refractivity contribution in [2.45, 2.75) is 33.4 Å². The summed E-state index contributed by atoms with van der Waals surface area (Å²) in [5.41, 5.74) is 4.21. The van der Waals surface area contributed by atoms with E-state index in [9.17, 15) is 4.79 Å². The Labute approximate surface area is 117 Å². The predicted molar refractivity (Wildman–Crippen MR) is 76.4 cm³/mol. The van der Waals surface area contributed by atoms with Crippen LogP contribution >= 0.6 is 0 Å². The van der Waals surface area contributed by atoms with Crippen LogP contribution in [-0.4, -0.2) is 26.4 Å². The van der Waals surface area contributed by atoms with E-state index in [4.69, 9.17) is 0 Å². The summed E-state index contributed by atoms with van der Waals surface area (Å²) in [6.45, 7) is 6.33. The highest BCUT2D eigenvalue weighted by Crippen LogP contribution is 2.17. The number of fused-ring (bicyclic) bond motifs is 1. The Morgan fingerprint density at radius 1 is 1.40 bits per heavy atom. The molecule has 0 saturated heterocycles. The van der Waals surface area contributed by atoms with E-state index >= 15 is 0 Å². The Morgan fingerprint density at radius 3 is 3.05 bits per heavy atom. The van der Waals surface area contributed by atoms with Crippen molar-refractivity contribution in [3.63, 3.8) is 0 Å². The highest BCUT2D eigenvalue weighted by atomic mass is 16.1. The largest absolute Gasteiger partial charge is 0.310 e. The Kier molecular flexibility index (Phi) is 3.36. The molecule has 1 aliphatic heterocycles. The SMILES string of the molecule is Cc1nc2c(c(=O)[nH]1)CN(Cc1cnccc1C)CC2. The molecule has 0 spiro atoms. The number of nitrogens with one attached hydrogen (secondary N) is 1. The average Bonchev–Trinajstić information content (AvgIpc) is 2.42. The molecule has 5 heteroatoms. The smallest absolute Gasteiger partial charge is 0.255 e. The molecule has 0 amide bonds. The van der Waals surface area contributed by atoms with Crippen LogP contribution in [-0.2, 0) is 19.5 Å². The molecular formula is C15H18N4O. The normalized spacial score (nSPS) is 15.1. The Hall–Kier alpha value is -2.01. The molecule has 0 fully saturated rings. The minimum Gasteiger partial charge on any atom is -0.310 e. The maximum absolute atomic E-state index is 12.0. The fraction of sp³-hybridized carbons (Fsp3) is 0.400. The zero-order valence-corrected chi connectivity index (χ0v) is 11.8. The number of hydrogen-bond donors (Lipinski definition) is 1. The summed E-state index contributed by atoms with van der Waals surface area (Å²) < 4.78 is 0. The minimum atomic E-state index is 0.000101. The fourth-order valence-electron chi connectivity index (χ4n) is 2.64. The van der Waals surface area contributed by atoms with Crippen molar-refractivity contribution in [3.05, 3.63) is 57.0 Å². The summed E-state index contributed by atoms with van der Waals surface area (Å²) in [5.74, 6) is 0.699. The summed E-state index contributed by atoms with van der Waals surface area (Å²) in [5, 5.41) is 0. The summed E-state index contributed by atoms with van der Waals surface area (Å²) in [4.78, 5) is 25.7. The van der Waals surface area contributed by atoms with Crippen LogP contribution in [0.4, 0.5) is 0 Å². The lowest BCUT2D eigenvalue weighted by Crippen LogP contribution is -2.35. The molecule has 20 heavy (non-hydrogen) atoms. The summed E-state index contributed by atoms with van der Waals surface area (Å²) in [6, 6.07) is 2.02. The van der Waals surface area contributed by atoms with Crippen LogP contribution in [0, 0.1) is 13.8 Å². The van der Waals surface area contributed by atoms with Crippen molar-refractivity contribution in [3.8, 4) is 0 Å². The van der Waals surface area contributed by atoms with E-state index in [2.05, 4.69) is 26.8 Å². The number of hydrogen-bond acceptors (Lipinski definition) is 4. The maximum atomic E-state index is 12.0. The number of nitrogens with zero attached hydrogens (tertiary/aromatic N) is 3. The lowest BCUT2D eigenvalue weighted by Gasteiger charge is -2.27. The number of H-pyrrole nitrogens is 1. The third-order valence-corrected chi connectivity index (χ3v) is 3.81. The summed E-state index contributed by atoms with van der Waals surface area (Å²) >= 11 is 0. The van der Waals surface area contributed by atoms with E-state index < -0.39 is 0 Å². The quantitative estimate of drug-likeness (QED) is 0.894. The first-order chi connectivity index (χ1) is 9.63. The zero-order chi connectivity index (χ0) is 14.1. The van der Waals surface area contributed by atoms with Crippen LogP contribution in [0.5, 0.6) is 0 Å². The maximum Gasteiger partial charge on any atom is 0.255 e. The van der Waals surface area contributed by atoms with Gasteiger partial charge in [-0.05, 0) is 31.0 Å². The molecule has 3 heterocycles. The molecular weight excluding hydrogens is 252 g/mol. The topological polar surface area (TPSA) is 61.9 Å². The Bertz CT molecular complexity index is 693. The molecule has 1 aliphatic rings. The van der Waals surface area contributed by atoms with Gasteiger partial charge in [0.2, 0.25) is 0 Å². The number of aromatic nitrogens is 3. The molecule has 5 nitrogen and oxygen atoms in total. The van der Waals surface area contributed by atoms with Crippen molar-refractivity contribution >= 4 is 0 Å². The van der Waals surface area contributed by atoms with Gasteiger partial charge in [-0.1, -0.05) is 0 Å². The van der Waals surface area contributed by atoms with Gasteiger partial charge < -0.3 is 4.98 Å². The molecule has 0 atom stereocenters. The van der Waals surface area contributed by atoms with Gasteiger partial charge in [0.15, 0.2) is 0 Å². The molecule has 104 valence electrons. The summed E-state index contributed by atoms with van der Waals surface area (Å²) in [6.07, 6.45) is 4.55. The molecule has 3 rings (SSSR count). The van der Waals surface area contributed by atoms with Crippen LogP contribution in [0.3, 0.4) is 0 Å². The van der Waals surface area contributed by atoms with Gasteiger partial charge >= 0.3 is 0 Å². The number of aryl methyl sites for hydroxylation is 2. The molecule has 0 aliphatic carbocycles. The first-order valence-corrected chi connectivity index (χ1v) is 6.84. The van der Waals surface area contributed by atoms with Crippen molar-refractivity contribution in [1.82, 2.24) is 19.9 Å². The van der Waals surface area contributed by atoms with Crippen LogP contribution in [0.15, 0.2) is 23.3 Å². The van der Waals surface area contributed by atoms with Gasteiger partial charge in [-0.25, -0.2) is 4.98 Å². The second-order valence-corrected chi connectivity index (χ2v) is 5.34. The van der Waals surface area contributed by atoms with E-state index in [1.165, 1.54) is 11.1 Å². The zero-order valence-electron chi connectivity index (χ0n) is 11.8. The Morgan fingerprint density at radius 2 is 2.25 bits per heavy atom. The third kappa shape index (κ3) is 2.49. The Balaban J connectivity index is 1.83. The molecule has 0 saturated carbocycles. The monoisotopic (exact) mass is 270 g/mol. The van der Waals surface area contributed by atoms with E-state index in [-0.39, 0.29) is 5.56 Å². The molecule has 0 radical (unpaired) electrons. The minimum absolute atomic E-state index is 0.000101. The first kappa shape index (κ1) is 13.0. The fourth-order valence-corrected chi connectivity index (χ4v) is 2.64. The van der Waals surface area contributed by atoms with E-state index in [0.29, 0.717) is 12.4 Å². The first-order valence-electron chi connectivity index (χ1n) is 6.84. The number of rotatable bonds is 2. The van der Waals surface area contributed by atoms with Crippen LogP contribution < -0.4 is 5.56 Å². The predicted octanol–water partition coefficient (Wildman–Crippen LogP) is 1.34. The molecule has 0 aromatic carbocycles. The van der Waals surface area contributed by atoms with Gasteiger partial charge in [0.05, 0.1) is 11.3 Å². The van der Waals surface area contributed by atoms with Crippen molar-refractivity contribution in [2.75, 3.05) is 6.54 Å². The molecule has 0 unspecified atom stereocenters. The van der Waals surface area contributed by atoms with Crippen LogP contribution in [0.2, 0.25) is 0 Å². The lowest BCUT2D eigenvalue weighted by molar-refractivity contribution is 0.241. The van der Waals surface area contributed by atoms with Gasteiger partial charge in [-0.3, -0.25) is 14.7 Å². The lowest BCUT2D eigenvalue weighted by atomic mass is 10.1. The molecule has 2 aromatic rings.